The van der Waals surface area contributed by atoms with E-state index < -0.39 is 0 Å². The number of amides is 2. The number of aromatic nitrogens is 5. The summed E-state index contributed by atoms with van der Waals surface area (Å²) in [5.74, 6) is 0.620. The molecule has 0 unspecified atom stereocenters. The Morgan fingerprint density at radius 2 is 2.03 bits per heavy atom. The minimum atomic E-state index is -0.362. The van der Waals surface area contributed by atoms with Crippen molar-refractivity contribution in [2.45, 2.75) is 6.54 Å². The number of benzene rings is 2. The molecular formula is C19H16N8OS. The predicted octanol–water partition coefficient (Wildman–Crippen LogP) is 3.47. The van der Waals surface area contributed by atoms with Crippen LogP contribution in [0.3, 0.4) is 0 Å². The largest absolute Gasteiger partial charge is 0.368 e. The number of carbonyl (C=O) groups excluding carboxylic acids is 1. The number of aromatic amines is 2. The summed E-state index contributed by atoms with van der Waals surface area (Å²) < 4.78 is 1.21. The molecule has 6 N–H and O–H groups in total. The number of thiophene rings is 1. The number of nitrogens with two attached hydrogens (primary N) is 1. The molecule has 3 aromatic heterocycles. The number of rotatable bonds is 4. The van der Waals surface area contributed by atoms with E-state index in [2.05, 4.69) is 54.2 Å². The molecule has 144 valence electrons. The lowest BCUT2D eigenvalue weighted by Gasteiger charge is -2.09. The smallest absolute Gasteiger partial charge is 0.319 e. The highest BCUT2D eigenvalue weighted by Gasteiger charge is 2.13. The molecule has 2 aromatic carbocycles. The highest BCUT2D eigenvalue weighted by Crippen LogP contribution is 2.38. The lowest BCUT2D eigenvalue weighted by molar-refractivity contribution is 0.251. The Morgan fingerprint density at radius 1 is 1.14 bits per heavy atom. The van der Waals surface area contributed by atoms with E-state index in [9.17, 15) is 4.79 Å². The van der Waals surface area contributed by atoms with Crippen molar-refractivity contribution < 1.29 is 4.79 Å². The average molecular weight is 404 g/mol. The third kappa shape index (κ3) is 3.36. The molecule has 0 saturated carbocycles. The number of hydrogen-bond donors (Lipinski definition) is 5. The number of nitrogen functional groups attached to an aromatic ring is 1. The van der Waals surface area contributed by atoms with E-state index in [0.29, 0.717) is 11.5 Å². The highest BCUT2D eigenvalue weighted by molar-refractivity contribution is 7.22. The molecule has 5 aromatic rings. The zero-order valence-corrected chi connectivity index (χ0v) is 15.9. The van der Waals surface area contributed by atoms with E-state index in [1.807, 2.05) is 24.3 Å². The van der Waals surface area contributed by atoms with Gasteiger partial charge in [-0.25, -0.2) is 9.89 Å². The number of nitrogens with one attached hydrogen (secondary N) is 4. The maximum atomic E-state index is 12.3. The van der Waals surface area contributed by atoms with Crippen LogP contribution in [0, 0.1) is 0 Å². The van der Waals surface area contributed by atoms with Gasteiger partial charge in [-0.3, -0.25) is 5.10 Å². The number of nitrogens with zero attached hydrogens (tertiary/aromatic N) is 3. The first-order chi connectivity index (χ1) is 14.2. The normalized spacial score (nSPS) is 11.2. The maximum Gasteiger partial charge on any atom is 0.319 e. The van der Waals surface area contributed by atoms with Gasteiger partial charge in [-0.05, 0) is 29.7 Å². The van der Waals surface area contributed by atoms with E-state index in [0.717, 1.165) is 21.3 Å². The van der Waals surface area contributed by atoms with Crippen molar-refractivity contribution in [2.24, 2.45) is 0 Å². The molecule has 3 heterocycles. The third-order valence-corrected chi connectivity index (χ3v) is 5.60. The second kappa shape index (κ2) is 6.91. The number of fused-ring (bicyclic) bond motifs is 2. The predicted molar refractivity (Wildman–Crippen MR) is 114 cm³/mol. The van der Waals surface area contributed by atoms with Gasteiger partial charge in [-0.15, -0.1) is 11.3 Å². The standard InChI is InChI=1S/C19H16N8OS/c20-18-24-16(25-27-18)9-21-19(28)23-12-5-11-8-22-26-17(11)13(7-12)15-6-10-3-1-2-4-14(10)29-15/h1-8H,9H2,(H,22,26)(H2,21,23,28)(H3,20,24,25,27). The summed E-state index contributed by atoms with van der Waals surface area (Å²) in [6.45, 7) is 0.163. The number of H-pyrrole nitrogens is 2. The quantitative estimate of drug-likeness (QED) is 0.312. The van der Waals surface area contributed by atoms with Gasteiger partial charge in [0.2, 0.25) is 5.95 Å². The van der Waals surface area contributed by atoms with E-state index >= 15 is 0 Å². The first kappa shape index (κ1) is 17.2. The summed E-state index contributed by atoms with van der Waals surface area (Å²) in [7, 11) is 0. The number of urea groups is 1. The molecule has 0 saturated heterocycles. The van der Waals surface area contributed by atoms with Crippen molar-refractivity contribution in [3.63, 3.8) is 0 Å². The zero-order valence-electron chi connectivity index (χ0n) is 15.1. The van der Waals surface area contributed by atoms with E-state index in [1.165, 1.54) is 10.1 Å². The van der Waals surface area contributed by atoms with Gasteiger partial charge in [0.25, 0.3) is 0 Å². The third-order valence-electron chi connectivity index (χ3n) is 4.45. The molecular weight excluding hydrogens is 388 g/mol. The topological polar surface area (TPSA) is 137 Å². The number of anilines is 2. The SMILES string of the molecule is Nc1nc(CNC(=O)Nc2cc(-c3cc4ccccc4s3)c3[nH]ncc3c2)n[nH]1. The molecule has 0 aliphatic carbocycles. The van der Waals surface area contributed by atoms with Gasteiger partial charge in [0.05, 0.1) is 18.3 Å². The number of hydrogen-bond acceptors (Lipinski definition) is 6. The second-order valence-corrected chi connectivity index (χ2v) is 7.53. The van der Waals surface area contributed by atoms with E-state index in [-0.39, 0.29) is 18.5 Å². The molecule has 0 aliphatic rings. The molecule has 0 spiro atoms. The van der Waals surface area contributed by atoms with Crippen molar-refractivity contribution in [1.29, 1.82) is 0 Å². The van der Waals surface area contributed by atoms with Crippen LogP contribution in [0.25, 0.3) is 31.4 Å². The van der Waals surface area contributed by atoms with Gasteiger partial charge in [0, 0.05) is 26.2 Å². The van der Waals surface area contributed by atoms with Crippen LogP contribution in [0.5, 0.6) is 0 Å². The molecule has 29 heavy (non-hydrogen) atoms. The lowest BCUT2D eigenvalue weighted by atomic mass is 10.1. The van der Waals surface area contributed by atoms with Crippen LogP contribution < -0.4 is 16.4 Å². The summed E-state index contributed by atoms with van der Waals surface area (Å²) in [6, 6.07) is 13.8. The fourth-order valence-electron chi connectivity index (χ4n) is 3.16. The Labute approximate surface area is 168 Å². The van der Waals surface area contributed by atoms with Crippen LogP contribution in [0.4, 0.5) is 16.4 Å². The Hall–Kier alpha value is -3.92. The number of carbonyl (C=O) groups is 1. The highest BCUT2D eigenvalue weighted by atomic mass is 32.1. The Morgan fingerprint density at radius 3 is 2.86 bits per heavy atom. The minimum Gasteiger partial charge on any atom is -0.368 e. The fraction of sp³-hybridized carbons (Fsp3) is 0.0526. The van der Waals surface area contributed by atoms with Crippen molar-refractivity contribution in [1.82, 2.24) is 30.7 Å². The monoisotopic (exact) mass is 404 g/mol. The van der Waals surface area contributed by atoms with Crippen LogP contribution in [-0.4, -0.2) is 31.4 Å². The van der Waals surface area contributed by atoms with Gasteiger partial charge >= 0.3 is 6.03 Å². The van der Waals surface area contributed by atoms with Gasteiger partial charge in [0.1, 0.15) is 0 Å². The van der Waals surface area contributed by atoms with E-state index in [1.54, 1.807) is 17.5 Å². The summed E-state index contributed by atoms with van der Waals surface area (Å²) >= 11 is 1.70. The van der Waals surface area contributed by atoms with Crippen LogP contribution in [0.2, 0.25) is 0 Å². The molecule has 10 heteroatoms. The van der Waals surface area contributed by atoms with Gasteiger partial charge in [-0.2, -0.15) is 15.2 Å². The summed E-state index contributed by atoms with van der Waals surface area (Å²) in [5.41, 5.74) is 8.06. The van der Waals surface area contributed by atoms with Gasteiger partial charge in [0.15, 0.2) is 5.82 Å². The first-order valence-corrected chi connectivity index (χ1v) is 9.65. The summed E-state index contributed by atoms with van der Waals surface area (Å²) in [6.07, 6.45) is 1.74. The van der Waals surface area contributed by atoms with Gasteiger partial charge < -0.3 is 16.4 Å². The van der Waals surface area contributed by atoms with E-state index in [4.69, 9.17) is 5.73 Å². The summed E-state index contributed by atoms with van der Waals surface area (Å²) in [5, 5.41) is 21.3. The first-order valence-electron chi connectivity index (χ1n) is 8.83. The van der Waals surface area contributed by atoms with Gasteiger partial charge in [-0.1, -0.05) is 18.2 Å². The molecule has 2 amide bonds. The molecule has 5 rings (SSSR count). The average Bonchev–Trinajstić information content (AvgIpc) is 3.44. The van der Waals surface area contributed by atoms with Crippen molar-refractivity contribution in [3.8, 4) is 10.4 Å². The molecule has 9 nitrogen and oxygen atoms in total. The summed E-state index contributed by atoms with van der Waals surface area (Å²) in [4.78, 5) is 17.4. The Kier molecular flexibility index (Phi) is 4.10. The fourth-order valence-corrected chi connectivity index (χ4v) is 4.25. The Bertz CT molecular complexity index is 1300. The minimum absolute atomic E-state index is 0.163. The van der Waals surface area contributed by atoms with Crippen molar-refractivity contribution in [2.75, 3.05) is 11.1 Å². The molecule has 0 atom stereocenters. The molecule has 0 fully saturated rings. The molecule has 0 bridgehead atoms. The molecule has 0 radical (unpaired) electrons. The second-order valence-electron chi connectivity index (χ2n) is 6.45. The van der Waals surface area contributed by atoms with Crippen LogP contribution in [0.1, 0.15) is 5.82 Å². The lowest BCUT2D eigenvalue weighted by Crippen LogP contribution is -2.28. The van der Waals surface area contributed by atoms with Crippen molar-refractivity contribution >= 4 is 50.0 Å². The maximum absolute atomic E-state index is 12.3. The molecule has 0 aliphatic heterocycles. The van der Waals surface area contributed by atoms with Crippen LogP contribution >= 0.6 is 11.3 Å². The zero-order chi connectivity index (χ0) is 19.8. The Balaban J connectivity index is 1.43. The van der Waals surface area contributed by atoms with Crippen LogP contribution in [0.15, 0.2) is 48.7 Å². The van der Waals surface area contributed by atoms with Crippen LogP contribution in [-0.2, 0) is 6.54 Å². The van der Waals surface area contributed by atoms with Crippen molar-refractivity contribution in [3.05, 3.63) is 54.5 Å².